The predicted molar refractivity (Wildman–Crippen MR) is 89.8 cm³/mol. The third kappa shape index (κ3) is 4.40. The van der Waals surface area contributed by atoms with Crippen LogP contribution in [0.25, 0.3) is 0 Å². The number of carbonyl (C=O) groups excluding carboxylic acids is 2. The van der Waals surface area contributed by atoms with Crippen LogP contribution in [0.4, 0.5) is 5.69 Å². The number of rotatable bonds is 6. The highest BCUT2D eigenvalue weighted by atomic mass is 16.5. The number of amides is 2. The van der Waals surface area contributed by atoms with E-state index in [0.717, 1.165) is 5.69 Å². The average molecular weight is 312 g/mol. The summed E-state index contributed by atoms with van der Waals surface area (Å²) in [6, 6.07) is 16.0. The molecule has 0 heterocycles. The smallest absolute Gasteiger partial charge is 0.258 e. The summed E-state index contributed by atoms with van der Waals surface area (Å²) >= 11 is 0. The number of nitrogens with one attached hydrogen (secondary N) is 1. The molecule has 2 aromatic rings. The molecule has 23 heavy (non-hydrogen) atoms. The lowest BCUT2D eigenvalue weighted by Crippen LogP contribution is -2.28. The van der Waals surface area contributed by atoms with Crippen LogP contribution in [0.15, 0.2) is 54.6 Å². The topological polar surface area (TPSA) is 58.6 Å². The maximum absolute atomic E-state index is 12.4. The highest BCUT2D eigenvalue weighted by Crippen LogP contribution is 2.15. The number of benzene rings is 2. The van der Waals surface area contributed by atoms with Crippen LogP contribution in [-0.2, 0) is 4.74 Å². The number of methoxy groups -OCH3 is 1. The lowest BCUT2D eigenvalue weighted by atomic mass is 10.1. The molecule has 1 N–H and O–H groups in total. The van der Waals surface area contributed by atoms with Crippen molar-refractivity contribution in [3.8, 4) is 0 Å². The van der Waals surface area contributed by atoms with Crippen LogP contribution < -0.4 is 10.2 Å². The van der Waals surface area contributed by atoms with Crippen molar-refractivity contribution in [2.45, 2.75) is 0 Å². The molecule has 0 saturated heterocycles. The van der Waals surface area contributed by atoms with Crippen molar-refractivity contribution in [3.63, 3.8) is 0 Å². The molecule has 2 amide bonds. The molecule has 0 spiro atoms. The van der Waals surface area contributed by atoms with E-state index < -0.39 is 0 Å². The number of ether oxygens (including phenoxy) is 1. The Morgan fingerprint density at radius 2 is 1.61 bits per heavy atom. The summed E-state index contributed by atoms with van der Waals surface area (Å²) in [5.41, 5.74) is 1.86. The van der Waals surface area contributed by atoms with Gasteiger partial charge in [-0.1, -0.05) is 18.2 Å². The summed E-state index contributed by atoms with van der Waals surface area (Å²) in [6.45, 7) is 0.914. The minimum absolute atomic E-state index is 0.123. The Bertz CT molecular complexity index is 654. The number of carbonyl (C=O) groups is 2. The maximum atomic E-state index is 12.4. The van der Waals surface area contributed by atoms with Crippen LogP contribution in [-0.4, -0.2) is 39.1 Å². The monoisotopic (exact) mass is 312 g/mol. The second-order valence-electron chi connectivity index (χ2n) is 5.03. The quantitative estimate of drug-likeness (QED) is 0.833. The van der Waals surface area contributed by atoms with E-state index in [9.17, 15) is 9.59 Å². The van der Waals surface area contributed by atoms with Crippen LogP contribution in [0.2, 0.25) is 0 Å². The summed E-state index contributed by atoms with van der Waals surface area (Å²) in [5, 5.41) is 2.74. The summed E-state index contributed by atoms with van der Waals surface area (Å²) in [4.78, 5) is 25.9. The zero-order chi connectivity index (χ0) is 16.7. The molecule has 0 radical (unpaired) electrons. The lowest BCUT2D eigenvalue weighted by Gasteiger charge is -2.17. The first-order valence-electron chi connectivity index (χ1n) is 7.34. The van der Waals surface area contributed by atoms with Gasteiger partial charge in [0.2, 0.25) is 0 Å². The Balaban J connectivity index is 2.04. The molecule has 0 aliphatic rings. The number of para-hydroxylation sites is 1. The van der Waals surface area contributed by atoms with Gasteiger partial charge in [-0.2, -0.15) is 0 Å². The molecule has 0 atom stereocenters. The third-order valence-corrected chi connectivity index (χ3v) is 3.43. The third-order valence-electron chi connectivity index (χ3n) is 3.43. The predicted octanol–water partition coefficient (Wildman–Crippen LogP) is 2.34. The van der Waals surface area contributed by atoms with Crippen molar-refractivity contribution in [1.29, 1.82) is 0 Å². The largest absolute Gasteiger partial charge is 0.383 e. The fourth-order valence-electron chi connectivity index (χ4n) is 2.10. The van der Waals surface area contributed by atoms with Gasteiger partial charge >= 0.3 is 0 Å². The van der Waals surface area contributed by atoms with E-state index in [1.807, 2.05) is 30.3 Å². The number of nitrogens with zero attached hydrogens (tertiary/aromatic N) is 1. The molecule has 2 aromatic carbocycles. The van der Waals surface area contributed by atoms with E-state index >= 15 is 0 Å². The normalized spacial score (nSPS) is 10.2. The van der Waals surface area contributed by atoms with Crippen molar-refractivity contribution in [2.75, 3.05) is 32.2 Å². The summed E-state index contributed by atoms with van der Waals surface area (Å²) < 4.78 is 4.88. The van der Waals surface area contributed by atoms with Gasteiger partial charge in [0.15, 0.2) is 0 Å². The zero-order valence-corrected chi connectivity index (χ0v) is 13.3. The van der Waals surface area contributed by atoms with E-state index in [1.165, 1.54) is 0 Å². The number of hydrogen-bond acceptors (Lipinski definition) is 3. The van der Waals surface area contributed by atoms with Gasteiger partial charge in [0.1, 0.15) is 0 Å². The molecule has 0 aliphatic heterocycles. The molecule has 0 saturated carbocycles. The van der Waals surface area contributed by atoms with Crippen molar-refractivity contribution in [1.82, 2.24) is 5.32 Å². The Hall–Kier alpha value is -2.66. The van der Waals surface area contributed by atoms with Crippen LogP contribution in [0, 0.1) is 0 Å². The van der Waals surface area contributed by atoms with Gasteiger partial charge in [0.25, 0.3) is 11.8 Å². The Morgan fingerprint density at radius 1 is 1.00 bits per heavy atom. The van der Waals surface area contributed by atoms with Gasteiger partial charge < -0.3 is 15.0 Å². The standard InChI is InChI=1S/C18H20N2O3/c1-20(16-6-4-3-5-7-16)18(22)15-10-8-14(9-11-15)17(21)19-12-13-23-2/h3-11H,12-13H2,1-2H3,(H,19,21). The van der Waals surface area contributed by atoms with Crippen LogP contribution in [0.1, 0.15) is 20.7 Å². The molecule has 0 bridgehead atoms. The fourth-order valence-corrected chi connectivity index (χ4v) is 2.10. The Morgan fingerprint density at radius 3 is 2.22 bits per heavy atom. The van der Waals surface area contributed by atoms with E-state index in [0.29, 0.717) is 24.3 Å². The van der Waals surface area contributed by atoms with Gasteiger partial charge in [0.05, 0.1) is 6.61 Å². The van der Waals surface area contributed by atoms with E-state index in [4.69, 9.17) is 4.74 Å². The highest BCUT2D eigenvalue weighted by Gasteiger charge is 2.14. The molecule has 5 heteroatoms. The maximum Gasteiger partial charge on any atom is 0.258 e. The van der Waals surface area contributed by atoms with Crippen molar-refractivity contribution >= 4 is 17.5 Å². The first-order chi connectivity index (χ1) is 11.1. The van der Waals surface area contributed by atoms with Crippen LogP contribution in [0.5, 0.6) is 0 Å². The first kappa shape index (κ1) is 16.7. The number of hydrogen-bond donors (Lipinski definition) is 1. The molecule has 0 aromatic heterocycles. The zero-order valence-electron chi connectivity index (χ0n) is 13.3. The Labute approximate surface area is 135 Å². The van der Waals surface area contributed by atoms with Crippen LogP contribution >= 0.6 is 0 Å². The SMILES string of the molecule is COCCNC(=O)c1ccc(C(=O)N(C)c2ccccc2)cc1. The molecule has 0 unspecified atom stereocenters. The fraction of sp³-hybridized carbons (Fsp3) is 0.222. The van der Waals surface area contributed by atoms with Crippen molar-refractivity contribution < 1.29 is 14.3 Å². The summed E-state index contributed by atoms with van der Waals surface area (Å²) in [6.07, 6.45) is 0. The van der Waals surface area contributed by atoms with Gasteiger partial charge in [-0.25, -0.2) is 0 Å². The van der Waals surface area contributed by atoms with Crippen molar-refractivity contribution in [3.05, 3.63) is 65.7 Å². The minimum atomic E-state index is -0.183. The molecule has 0 fully saturated rings. The average Bonchev–Trinajstić information content (AvgIpc) is 2.61. The molecule has 0 aliphatic carbocycles. The first-order valence-corrected chi connectivity index (χ1v) is 7.34. The molecule has 120 valence electrons. The molecule has 5 nitrogen and oxygen atoms in total. The van der Waals surface area contributed by atoms with Gasteiger partial charge in [0, 0.05) is 37.5 Å². The minimum Gasteiger partial charge on any atom is -0.383 e. The highest BCUT2D eigenvalue weighted by molar-refractivity contribution is 6.06. The van der Waals surface area contributed by atoms with Crippen molar-refractivity contribution in [2.24, 2.45) is 0 Å². The lowest BCUT2D eigenvalue weighted by molar-refractivity contribution is 0.0935. The summed E-state index contributed by atoms with van der Waals surface area (Å²) in [7, 11) is 3.30. The van der Waals surface area contributed by atoms with E-state index in [2.05, 4.69) is 5.32 Å². The second-order valence-corrected chi connectivity index (χ2v) is 5.03. The molecular weight excluding hydrogens is 292 g/mol. The van der Waals surface area contributed by atoms with Gasteiger partial charge in [-0.05, 0) is 36.4 Å². The summed E-state index contributed by atoms with van der Waals surface area (Å²) in [5.74, 6) is -0.306. The van der Waals surface area contributed by atoms with Gasteiger partial charge in [-0.3, -0.25) is 9.59 Å². The van der Waals surface area contributed by atoms with Gasteiger partial charge in [-0.15, -0.1) is 0 Å². The van der Waals surface area contributed by atoms with E-state index in [-0.39, 0.29) is 11.8 Å². The molecule has 2 rings (SSSR count). The van der Waals surface area contributed by atoms with Crippen LogP contribution in [0.3, 0.4) is 0 Å². The Kier molecular flexibility index (Phi) is 5.88. The molecular formula is C18H20N2O3. The second kappa shape index (κ2) is 8.10. The number of anilines is 1. The van der Waals surface area contributed by atoms with E-state index in [1.54, 1.807) is 43.3 Å².